The number of amides is 2. The lowest BCUT2D eigenvalue weighted by molar-refractivity contribution is -0.308. The van der Waals surface area contributed by atoms with Crippen molar-refractivity contribution in [3.63, 3.8) is 0 Å². The topological polar surface area (TPSA) is 63.6 Å². The first-order chi connectivity index (χ1) is 15.0. The van der Waals surface area contributed by atoms with Crippen LogP contribution in [0.4, 0.5) is 35.9 Å². The largest absolute Gasteiger partial charge is 0.434 e. The predicted molar refractivity (Wildman–Crippen MR) is 102 cm³/mol. The van der Waals surface area contributed by atoms with E-state index in [0.717, 1.165) is 15.8 Å². The van der Waals surface area contributed by atoms with Gasteiger partial charge < -0.3 is 15.0 Å². The molecule has 1 aliphatic rings. The molecule has 1 saturated heterocycles. The van der Waals surface area contributed by atoms with Gasteiger partial charge in [-0.15, -0.1) is 0 Å². The van der Waals surface area contributed by atoms with Crippen molar-refractivity contribution in [3.8, 4) is 0 Å². The van der Waals surface area contributed by atoms with Crippen molar-refractivity contribution < 1.29 is 40.7 Å². The van der Waals surface area contributed by atoms with Crippen molar-refractivity contribution in [3.05, 3.63) is 36.5 Å². The Morgan fingerprint density at radius 2 is 1.66 bits per heavy atom. The first kappa shape index (κ1) is 23.7. The summed E-state index contributed by atoms with van der Waals surface area (Å²) >= 11 is 0. The molecule has 0 aliphatic carbocycles. The van der Waals surface area contributed by atoms with Gasteiger partial charge in [-0.25, -0.2) is 9.59 Å². The minimum absolute atomic E-state index is 0.0257. The zero-order chi connectivity index (χ0) is 23.5. The number of benzene rings is 1. The third-order valence-electron chi connectivity index (χ3n) is 5.33. The highest BCUT2D eigenvalue weighted by Crippen LogP contribution is 2.36. The number of ether oxygens (including phenoxy) is 1. The Bertz CT molecular complexity index is 934. The molecular weight excluding hydrogens is 444 g/mol. The van der Waals surface area contributed by atoms with E-state index in [-0.39, 0.29) is 25.0 Å². The highest BCUT2D eigenvalue weighted by atomic mass is 19.4. The summed E-state index contributed by atoms with van der Waals surface area (Å²) in [4.78, 5) is 25.0. The molecule has 0 saturated carbocycles. The molecule has 1 aromatic heterocycles. The van der Waals surface area contributed by atoms with Crippen molar-refractivity contribution >= 4 is 23.0 Å². The van der Waals surface area contributed by atoms with Crippen molar-refractivity contribution in [1.29, 1.82) is 0 Å². The van der Waals surface area contributed by atoms with E-state index in [1.165, 1.54) is 4.57 Å². The molecule has 6 nitrogen and oxygen atoms in total. The van der Waals surface area contributed by atoms with Crippen LogP contribution in [0.1, 0.15) is 19.3 Å². The molecule has 32 heavy (non-hydrogen) atoms. The summed E-state index contributed by atoms with van der Waals surface area (Å²) in [5.74, 6) is 0.0572. The molecule has 1 aromatic carbocycles. The number of carbonyl (C=O) groups is 2. The van der Waals surface area contributed by atoms with Gasteiger partial charge in [-0.2, -0.15) is 26.3 Å². The van der Waals surface area contributed by atoms with Gasteiger partial charge in [0.25, 0.3) is 6.10 Å². The lowest BCUT2D eigenvalue weighted by atomic mass is 9.94. The summed E-state index contributed by atoms with van der Waals surface area (Å²) in [5, 5.41) is 3.70. The second-order valence-corrected chi connectivity index (χ2v) is 7.54. The van der Waals surface area contributed by atoms with Crippen molar-refractivity contribution in [2.75, 3.05) is 19.6 Å². The minimum Gasteiger partial charge on any atom is -0.426 e. The van der Waals surface area contributed by atoms with Crippen molar-refractivity contribution in [2.45, 2.75) is 37.7 Å². The first-order valence-corrected chi connectivity index (χ1v) is 9.90. The van der Waals surface area contributed by atoms with Gasteiger partial charge in [0, 0.05) is 31.2 Å². The standard InChI is InChI=1S/C20H21F6N3O3/c21-19(22,23)16(20(24,25)26)32-18(31)28-10-6-13(7-11-28)5-9-27-17(30)29-12-8-14-3-1-2-4-15(14)29/h1-4,8,12-13,16H,5-7,9-11H2,(H,27,30). The number of hydrogen-bond donors (Lipinski definition) is 1. The Labute approximate surface area is 179 Å². The molecule has 1 fully saturated rings. The second-order valence-electron chi connectivity index (χ2n) is 7.54. The van der Waals surface area contributed by atoms with Crippen molar-refractivity contribution in [2.24, 2.45) is 5.92 Å². The molecule has 1 aliphatic heterocycles. The number of nitrogens with one attached hydrogen (secondary N) is 1. The number of hydrogen-bond acceptors (Lipinski definition) is 3. The zero-order valence-corrected chi connectivity index (χ0v) is 16.7. The summed E-state index contributed by atoms with van der Waals surface area (Å²) in [5.41, 5.74) is 0.757. The van der Waals surface area contributed by atoms with E-state index in [4.69, 9.17) is 0 Å². The number of rotatable bonds is 4. The average Bonchev–Trinajstić information content (AvgIpc) is 3.15. The Hall–Kier alpha value is -2.92. The van der Waals surface area contributed by atoms with Crippen LogP contribution in [0, 0.1) is 5.92 Å². The van der Waals surface area contributed by atoms with Gasteiger partial charge in [0.2, 0.25) is 0 Å². The van der Waals surface area contributed by atoms with Crippen LogP contribution in [-0.4, -0.2) is 59.7 Å². The van der Waals surface area contributed by atoms with Crippen LogP contribution in [0.25, 0.3) is 10.9 Å². The summed E-state index contributed by atoms with van der Waals surface area (Å²) in [6, 6.07) is 8.87. The van der Waals surface area contributed by atoms with Gasteiger partial charge in [-0.05, 0) is 37.3 Å². The average molecular weight is 465 g/mol. The first-order valence-electron chi connectivity index (χ1n) is 9.90. The third kappa shape index (κ3) is 5.65. The molecule has 12 heteroatoms. The Morgan fingerprint density at radius 1 is 1.03 bits per heavy atom. The Balaban J connectivity index is 1.44. The highest BCUT2D eigenvalue weighted by Gasteiger charge is 2.60. The van der Waals surface area contributed by atoms with Crippen LogP contribution in [0.3, 0.4) is 0 Å². The monoisotopic (exact) mass is 465 g/mol. The maximum absolute atomic E-state index is 12.5. The van der Waals surface area contributed by atoms with Gasteiger partial charge in [0.1, 0.15) is 0 Å². The number of para-hydroxylation sites is 1. The Morgan fingerprint density at radius 3 is 2.28 bits per heavy atom. The van der Waals surface area contributed by atoms with Gasteiger partial charge >= 0.3 is 24.5 Å². The van der Waals surface area contributed by atoms with Gasteiger partial charge in [0.05, 0.1) is 5.52 Å². The van der Waals surface area contributed by atoms with Gasteiger partial charge in [-0.1, -0.05) is 18.2 Å². The summed E-state index contributed by atoms with van der Waals surface area (Å²) in [6.07, 6.45) is -14.3. The lowest BCUT2D eigenvalue weighted by Gasteiger charge is -2.33. The molecule has 0 radical (unpaired) electrons. The van der Waals surface area contributed by atoms with Crippen LogP contribution < -0.4 is 5.32 Å². The highest BCUT2D eigenvalue weighted by molar-refractivity contribution is 5.91. The van der Waals surface area contributed by atoms with Gasteiger partial charge in [-0.3, -0.25) is 4.57 Å². The molecule has 2 aromatic rings. The van der Waals surface area contributed by atoms with Crippen LogP contribution >= 0.6 is 0 Å². The van der Waals surface area contributed by atoms with Gasteiger partial charge in [0.15, 0.2) is 0 Å². The van der Waals surface area contributed by atoms with Crippen LogP contribution in [0.15, 0.2) is 36.5 Å². The molecule has 3 rings (SSSR count). The number of halogens is 6. The maximum atomic E-state index is 12.5. The minimum atomic E-state index is -5.74. The number of carbonyl (C=O) groups excluding carboxylic acids is 2. The number of likely N-dealkylation sites (tertiary alicyclic amines) is 1. The summed E-state index contributed by atoms with van der Waals surface area (Å²) < 4.78 is 80.5. The molecule has 1 N–H and O–H groups in total. The molecule has 2 amide bonds. The third-order valence-corrected chi connectivity index (χ3v) is 5.33. The number of aromatic nitrogens is 1. The van der Waals surface area contributed by atoms with Crippen LogP contribution in [0.2, 0.25) is 0 Å². The molecule has 0 spiro atoms. The number of fused-ring (bicyclic) bond motifs is 1. The maximum Gasteiger partial charge on any atom is 0.434 e. The van der Waals surface area contributed by atoms with E-state index in [9.17, 15) is 35.9 Å². The fourth-order valence-electron chi connectivity index (χ4n) is 3.63. The lowest BCUT2D eigenvalue weighted by Crippen LogP contribution is -2.49. The van der Waals surface area contributed by atoms with E-state index in [1.807, 2.05) is 30.3 Å². The van der Waals surface area contributed by atoms with Crippen molar-refractivity contribution in [1.82, 2.24) is 14.8 Å². The quantitative estimate of drug-likeness (QED) is 0.652. The number of piperidine rings is 1. The fourth-order valence-corrected chi connectivity index (χ4v) is 3.63. The van der Waals surface area contributed by atoms with E-state index in [1.54, 1.807) is 6.20 Å². The SMILES string of the molecule is O=C(OC(C(F)(F)F)C(F)(F)F)N1CCC(CCNC(=O)n2ccc3ccccc32)CC1. The van der Waals surface area contributed by atoms with Crippen LogP contribution in [-0.2, 0) is 4.74 Å². The molecule has 176 valence electrons. The molecule has 0 unspecified atom stereocenters. The van der Waals surface area contributed by atoms with Crippen LogP contribution in [0.5, 0.6) is 0 Å². The molecular formula is C20H21F6N3O3. The summed E-state index contributed by atoms with van der Waals surface area (Å²) in [7, 11) is 0. The molecule has 0 atom stereocenters. The second kappa shape index (κ2) is 9.29. The zero-order valence-electron chi connectivity index (χ0n) is 16.7. The number of alkyl halides is 6. The predicted octanol–water partition coefficient (Wildman–Crippen LogP) is 4.93. The smallest absolute Gasteiger partial charge is 0.426 e. The van der Waals surface area contributed by atoms with E-state index >= 15 is 0 Å². The normalized spacial score (nSPS) is 15.9. The van der Waals surface area contributed by atoms with E-state index in [0.29, 0.717) is 25.8 Å². The van der Waals surface area contributed by atoms with E-state index in [2.05, 4.69) is 10.1 Å². The fraction of sp³-hybridized carbons (Fsp3) is 0.500. The molecule has 0 bridgehead atoms. The number of nitrogens with zero attached hydrogens (tertiary/aromatic N) is 2. The van der Waals surface area contributed by atoms with E-state index < -0.39 is 24.5 Å². The Kier molecular flexibility index (Phi) is 6.89. The molecule has 2 heterocycles. The summed E-state index contributed by atoms with van der Waals surface area (Å²) in [6.45, 7) is 0.287.